The van der Waals surface area contributed by atoms with Crippen LogP contribution in [0, 0.1) is 0 Å². The van der Waals surface area contributed by atoms with Crippen molar-refractivity contribution in [2.45, 2.75) is 19.0 Å². The molecule has 0 aromatic heterocycles. The number of ether oxygens (including phenoxy) is 4. The fourth-order valence-corrected chi connectivity index (χ4v) is 4.23. The number of imide groups is 1. The van der Waals surface area contributed by atoms with E-state index in [4.69, 9.17) is 18.9 Å². The molecular weight excluding hydrogens is 490 g/mol. The van der Waals surface area contributed by atoms with Gasteiger partial charge in [0.05, 0.1) is 40.5 Å². The number of nitrogens with zero attached hydrogens (tertiary/aromatic N) is 2. The first-order valence-electron chi connectivity index (χ1n) is 11.8. The molecule has 10 heteroatoms. The molecule has 0 spiro atoms. The van der Waals surface area contributed by atoms with Crippen molar-refractivity contribution in [2.75, 3.05) is 38.7 Å². The fraction of sp³-hybridized carbons (Fsp3) is 0.250. The van der Waals surface area contributed by atoms with E-state index >= 15 is 0 Å². The van der Waals surface area contributed by atoms with Crippen LogP contribution in [0.3, 0.4) is 0 Å². The highest BCUT2D eigenvalue weighted by Crippen LogP contribution is 2.31. The summed E-state index contributed by atoms with van der Waals surface area (Å²) in [7, 11) is 6.13. The summed E-state index contributed by atoms with van der Waals surface area (Å²) in [5.41, 5.74) is 1.61. The second-order valence-corrected chi connectivity index (χ2v) is 8.46. The van der Waals surface area contributed by atoms with Gasteiger partial charge in [0.2, 0.25) is 5.91 Å². The molecule has 1 N–H and O–H groups in total. The molecule has 1 aliphatic rings. The van der Waals surface area contributed by atoms with E-state index in [9.17, 15) is 14.4 Å². The minimum absolute atomic E-state index is 0.0441. The molecule has 1 aliphatic heterocycles. The van der Waals surface area contributed by atoms with Crippen LogP contribution < -0.4 is 29.2 Å². The standard InChI is InChI=1S/C28H29N3O7/c1-35-21-10-6-19(7-11-21)29-28(34)30(17-18-5-14-24(37-3)25(15-18)38-4)23-16-26(32)31(27(23)33)20-8-12-22(36-2)13-9-20/h5-15,23H,16-17H2,1-4H3,(H,29,34)/t23-/m1/s1. The van der Waals surface area contributed by atoms with Gasteiger partial charge in [0.25, 0.3) is 5.91 Å². The van der Waals surface area contributed by atoms with Crippen LogP contribution >= 0.6 is 0 Å². The summed E-state index contributed by atoms with van der Waals surface area (Å²) in [6, 6.07) is 17.1. The summed E-state index contributed by atoms with van der Waals surface area (Å²) in [5.74, 6) is 1.35. The van der Waals surface area contributed by atoms with E-state index in [1.54, 1.807) is 73.8 Å². The molecule has 4 amide bonds. The van der Waals surface area contributed by atoms with Crippen LogP contribution in [0.25, 0.3) is 0 Å². The number of anilines is 2. The lowest BCUT2D eigenvalue weighted by atomic mass is 10.1. The third-order valence-corrected chi connectivity index (χ3v) is 6.23. The van der Waals surface area contributed by atoms with Gasteiger partial charge in [-0.3, -0.25) is 9.59 Å². The number of carbonyl (C=O) groups is 3. The quantitative estimate of drug-likeness (QED) is 0.425. The molecule has 0 radical (unpaired) electrons. The lowest BCUT2D eigenvalue weighted by Crippen LogP contribution is -2.46. The molecule has 38 heavy (non-hydrogen) atoms. The third kappa shape index (κ3) is 5.49. The number of carbonyl (C=O) groups excluding carboxylic acids is 3. The summed E-state index contributed by atoms with van der Waals surface area (Å²) in [5, 5.41) is 2.82. The van der Waals surface area contributed by atoms with Crippen molar-refractivity contribution in [1.29, 1.82) is 0 Å². The van der Waals surface area contributed by atoms with E-state index in [1.165, 1.54) is 26.2 Å². The van der Waals surface area contributed by atoms with E-state index in [1.807, 2.05) is 0 Å². The average Bonchev–Trinajstić information content (AvgIpc) is 3.24. The Kier molecular flexibility index (Phi) is 8.00. The van der Waals surface area contributed by atoms with Gasteiger partial charge < -0.3 is 29.2 Å². The molecule has 1 saturated heterocycles. The highest BCUT2D eigenvalue weighted by Gasteiger charge is 2.44. The lowest BCUT2D eigenvalue weighted by Gasteiger charge is -2.28. The maximum absolute atomic E-state index is 13.6. The number of rotatable bonds is 9. The van der Waals surface area contributed by atoms with Gasteiger partial charge in [-0.15, -0.1) is 0 Å². The molecule has 3 aromatic carbocycles. The molecule has 0 unspecified atom stereocenters. The van der Waals surface area contributed by atoms with Gasteiger partial charge in [0.1, 0.15) is 17.5 Å². The Morgan fingerprint density at radius 1 is 0.842 bits per heavy atom. The van der Waals surface area contributed by atoms with E-state index in [2.05, 4.69) is 5.32 Å². The van der Waals surface area contributed by atoms with Crippen molar-refractivity contribution in [3.05, 3.63) is 72.3 Å². The average molecular weight is 520 g/mol. The van der Waals surface area contributed by atoms with Gasteiger partial charge in [0, 0.05) is 12.2 Å². The zero-order chi connectivity index (χ0) is 27.2. The first kappa shape index (κ1) is 26.3. The van der Waals surface area contributed by atoms with Crippen molar-refractivity contribution >= 4 is 29.2 Å². The van der Waals surface area contributed by atoms with Crippen LogP contribution in [0.2, 0.25) is 0 Å². The van der Waals surface area contributed by atoms with Crippen LogP contribution in [0.15, 0.2) is 66.7 Å². The summed E-state index contributed by atoms with van der Waals surface area (Å²) >= 11 is 0. The number of urea groups is 1. The maximum Gasteiger partial charge on any atom is 0.322 e. The Hall–Kier alpha value is -4.73. The van der Waals surface area contributed by atoms with E-state index < -0.39 is 23.9 Å². The van der Waals surface area contributed by atoms with Crippen LogP contribution in [0.5, 0.6) is 23.0 Å². The predicted octanol–water partition coefficient (Wildman–Crippen LogP) is 4.09. The lowest BCUT2D eigenvalue weighted by molar-refractivity contribution is -0.122. The molecule has 1 atom stereocenters. The molecule has 0 saturated carbocycles. The Morgan fingerprint density at radius 2 is 1.45 bits per heavy atom. The number of benzene rings is 3. The van der Waals surface area contributed by atoms with Gasteiger partial charge >= 0.3 is 6.03 Å². The monoisotopic (exact) mass is 519 g/mol. The van der Waals surface area contributed by atoms with Crippen LogP contribution in [-0.2, 0) is 16.1 Å². The molecule has 1 heterocycles. The normalized spacial score (nSPS) is 14.7. The fourth-order valence-electron chi connectivity index (χ4n) is 4.23. The molecule has 1 fully saturated rings. The second kappa shape index (κ2) is 11.5. The zero-order valence-electron chi connectivity index (χ0n) is 21.6. The van der Waals surface area contributed by atoms with E-state index in [0.29, 0.717) is 39.9 Å². The van der Waals surface area contributed by atoms with E-state index in [-0.39, 0.29) is 13.0 Å². The maximum atomic E-state index is 13.6. The van der Waals surface area contributed by atoms with Crippen LogP contribution in [0.1, 0.15) is 12.0 Å². The Labute approximate surface area is 220 Å². The number of methoxy groups -OCH3 is 4. The predicted molar refractivity (Wildman–Crippen MR) is 141 cm³/mol. The minimum atomic E-state index is -1.02. The largest absolute Gasteiger partial charge is 0.497 e. The highest BCUT2D eigenvalue weighted by atomic mass is 16.5. The van der Waals surface area contributed by atoms with Gasteiger partial charge in [-0.05, 0) is 66.2 Å². The molecule has 0 aliphatic carbocycles. The molecule has 3 aromatic rings. The topological polar surface area (TPSA) is 107 Å². The minimum Gasteiger partial charge on any atom is -0.497 e. The van der Waals surface area contributed by atoms with Crippen molar-refractivity contribution < 1.29 is 33.3 Å². The Morgan fingerprint density at radius 3 is 2.03 bits per heavy atom. The van der Waals surface area contributed by atoms with Crippen molar-refractivity contribution in [2.24, 2.45) is 0 Å². The van der Waals surface area contributed by atoms with Gasteiger partial charge in [0.15, 0.2) is 11.5 Å². The van der Waals surface area contributed by atoms with E-state index in [0.717, 1.165) is 4.90 Å². The Bertz CT molecular complexity index is 1310. The zero-order valence-corrected chi connectivity index (χ0v) is 21.6. The molecule has 198 valence electrons. The van der Waals surface area contributed by atoms with Gasteiger partial charge in [-0.1, -0.05) is 6.07 Å². The Balaban J connectivity index is 1.64. The number of nitrogens with one attached hydrogen (secondary N) is 1. The first-order chi connectivity index (χ1) is 18.4. The summed E-state index contributed by atoms with van der Waals surface area (Å²) < 4.78 is 21.1. The molecular formula is C28H29N3O7. The smallest absolute Gasteiger partial charge is 0.322 e. The van der Waals surface area contributed by atoms with Crippen molar-refractivity contribution in [3.63, 3.8) is 0 Å². The van der Waals surface area contributed by atoms with Crippen LogP contribution in [0.4, 0.5) is 16.2 Å². The second-order valence-electron chi connectivity index (χ2n) is 8.46. The van der Waals surface area contributed by atoms with Crippen molar-refractivity contribution in [3.8, 4) is 23.0 Å². The summed E-state index contributed by atoms with van der Waals surface area (Å²) in [6.45, 7) is 0.0441. The van der Waals surface area contributed by atoms with Gasteiger partial charge in [-0.25, -0.2) is 9.69 Å². The summed E-state index contributed by atoms with van der Waals surface area (Å²) in [4.78, 5) is 42.6. The molecule has 10 nitrogen and oxygen atoms in total. The highest BCUT2D eigenvalue weighted by molar-refractivity contribution is 6.23. The SMILES string of the molecule is COc1ccc(NC(=O)N(Cc2ccc(OC)c(OC)c2)[C@@H]2CC(=O)N(c3ccc(OC)cc3)C2=O)cc1. The van der Waals surface area contributed by atoms with Gasteiger partial charge in [-0.2, -0.15) is 0 Å². The van der Waals surface area contributed by atoms with Crippen molar-refractivity contribution in [1.82, 2.24) is 4.90 Å². The first-order valence-corrected chi connectivity index (χ1v) is 11.8. The number of amides is 4. The molecule has 4 rings (SSSR count). The number of hydrogen-bond donors (Lipinski definition) is 1. The van der Waals surface area contributed by atoms with Crippen LogP contribution in [-0.4, -0.2) is 57.2 Å². The molecule has 0 bridgehead atoms. The third-order valence-electron chi connectivity index (χ3n) is 6.23. The number of hydrogen-bond acceptors (Lipinski definition) is 7. The summed E-state index contributed by atoms with van der Waals surface area (Å²) in [6.07, 6.45) is -0.159.